The predicted octanol–water partition coefficient (Wildman–Crippen LogP) is 6.43. The van der Waals surface area contributed by atoms with Crippen LogP contribution in [0.4, 0.5) is 5.69 Å². The summed E-state index contributed by atoms with van der Waals surface area (Å²) in [6, 6.07) is 17.1. The van der Waals surface area contributed by atoms with Gasteiger partial charge in [0.05, 0.1) is 23.4 Å². The normalized spacial score (nSPS) is 10.5. The minimum absolute atomic E-state index is 0.121. The van der Waals surface area contributed by atoms with E-state index in [0.29, 0.717) is 28.6 Å². The van der Waals surface area contributed by atoms with Crippen molar-refractivity contribution in [3.63, 3.8) is 0 Å². The van der Waals surface area contributed by atoms with E-state index < -0.39 is 5.91 Å². The highest BCUT2D eigenvalue weighted by atomic mass is 35.5. The van der Waals surface area contributed by atoms with Crippen LogP contribution in [-0.2, 0) is 6.61 Å². The average molecular weight is 458 g/mol. The third-order valence-corrected chi connectivity index (χ3v) is 5.12. The number of rotatable bonds is 8. The highest BCUT2D eigenvalue weighted by molar-refractivity contribution is 6.37. The van der Waals surface area contributed by atoms with E-state index in [2.05, 4.69) is 5.32 Å². The lowest BCUT2D eigenvalue weighted by atomic mass is 10.1. The maximum absolute atomic E-state index is 12.7. The maximum atomic E-state index is 12.7. The standard InChI is InChI=1S/C24H21Cl2NO4/c1-3-23(28)20-13-18(31-14-15-5-4-6-17(11-15)30-2)8-10-22(20)27-24(29)19-9-7-16(25)12-21(19)26/h4-13H,3,14H2,1-2H3,(H,27,29). The van der Waals surface area contributed by atoms with Gasteiger partial charge < -0.3 is 14.8 Å². The van der Waals surface area contributed by atoms with E-state index in [4.69, 9.17) is 32.7 Å². The summed E-state index contributed by atoms with van der Waals surface area (Å²) < 4.78 is 11.1. The minimum Gasteiger partial charge on any atom is -0.497 e. The summed E-state index contributed by atoms with van der Waals surface area (Å²) in [7, 11) is 1.60. The van der Waals surface area contributed by atoms with Crippen LogP contribution in [0.3, 0.4) is 0 Å². The summed E-state index contributed by atoms with van der Waals surface area (Å²) in [6.45, 7) is 2.07. The SMILES string of the molecule is CCC(=O)c1cc(OCc2cccc(OC)c2)ccc1NC(=O)c1ccc(Cl)cc1Cl. The van der Waals surface area contributed by atoms with Gasteiger partial charge in [-0.05, 0) is 54.1 Å². The number of Topliss-reactive ketones (excluding diaryl/α,β-unsaturated/α-hetero) is 1. The third-order valence-electron chi connectivity index (χ3n) is 4.58. The van der Waals surface area contributed by atoms with E-state index in [1.165, 1.54) is 12.1 Å². The molecular formula is C24H21Cl2NO4. The summed E-state index contributed by atoms with van der Waals surface area (Å²) in [4.78, 5) is 25.2. The molecular weight excluding hydrogens is 437 g/mol. The first kappa shape index (κ1) is 22.7. The van der Waals surface area contributed by atoms with E-state index >= 15 is 0 Å². The highest BCUT2D eigenvalue weighted by Crippen LogP contribution is 2.27. The van der Waals surface area contributed by atoms with Crippen LogP contribution in [0.25, 0.3) is 0 Å². The number of anilines is 1. The molecule has 0 saturated carbocycles. The zero-order valence-electron chi connectivity index (χ0n) is 17.1. The second-order valence-electron chi connectivity index (χ2n) is 6.70. The summed E-state index contributed by atoms with van der Waals surface area (Å²) in [5.41, 5.74) is 1.94. The minimum atomic E-state index is -0.433. The quantitative estimate of drug-likeness (QED) is 0.396. The number of hydrogen-bond acceptors (Lipinski definition) is 4. The number of carbonyl (C=O) groups excluding carboxylic acids is 2. The summed E-state index contributed by atoms with van der Waals surface area (Å²) in [6.07, 6.45) is 0.282. The van der Waals surface area contributed by atoms with Crippen molar-refractivity contribution in [3.05, 3.63) is 87.4 Å². The van der Waals surface area contributed by atoms with Gasteiger partial charge in [0.15, 0.2) is 5.78 Å². The second-order valence-corrected chi connectivity index (χ2v) is 7.55. The number of carbonyl (C=O) groups is 2. The lowest BCUT2D eigenvalue weighted by Crippen LogP contribution is -2.15. The predicted molar refractivity (Wildman–Crippen MR) is 123 cm³/mol. The molecule has 0 bridgehead atoms. The Balaban J connectivity index is 1.81. The van der Waals surface area contributed by atoms with Crippen LogP contribution in [-0.4, -0.2) is 18.8 Å². The maximum Gasteiger partial charge on any atom is 0.257 e. The van der Waals surface area contributed by atoms with Crippen LogP contribution >= 0.6 is 23.2 Å². The van der Waals surface area contributed by atoms with Gasteiger partial charge in [0.2, 0.25) is 0 Å². The molecule has 31 heavy (non-hydrogen) atoms. The lowest BCUT2D eigenvalue weighted by molar-refractivity contribution is 0.0988. The second kappa shape index (κ2) is 10.3. The van der Waals surface area contributed by atoms with Crippen molar-refractivity contribution >= 4 is 40.6 Å². The first-order chi connectivity index (χ1) is 14.9. The fourth-order valence-electron chi connectivity index (χ4n) is 2.94. The molecule has 0 aliphatic carbocycles. The van der Waals surface area contributed by atoms with Crippen molar-refractivity contribution in [2.75, 3.05) is 12.4 Å². The van der Waals surface area contributed by atoms with Crippen LogP contribution in [0.5, 0.6) is 11.5 Å². The number of amides is 1. The van der Waals surface area contributed by atoms with Crippen LogP contribution in [0.1, 0.15) is 39.6 Å². The number of ether oxygens (including phenoxy) is 2. The van der Waals surface area contributed by atoms with Crippen LogP contribution < -0.4 is 14.8 Å². The molecule has 0 heterocycles. The van der Waals surface area contributed by atoms with E-state index in [-0.39, 0.29) is 22.8 Å². The number of nitrogens with one attached hydrogen (secondary N) is 1. The summed E-state index contributed by atoms with van der Waals surface area (Å²) in [5, 5.41) is 3.42. The van der Waals surface area contributed by atoms with Gasteiger partial charge in [0, 0.05) is 17.0 Å². The zero-order chi connectivity index (χ0) is 22.4. The number of benzene rings is 3. The van der Waals surface area contributed by atoms with Crippen molar-refractivity contribution in [2.24, 2.45) is 0 Å². The van der Waals surface area contributed by atoms with Crippen molar-refractivity contribution in [1.29, 1.82) is 0 Å². The topological polar surface area (TPSA) is 64.6 Å². The van der Waals surface area contributed by atoms with Crippen LogP contribution in [0.15, 0.2) is 60.7 Å². The Hall–Kier alpha value is -3.02. The monoisotopic (exact) mass is 457 g/mol. The molecule has 0 saturated heterocycles. The number of methoxy groups -OCH3 is 1. The van der Waals surface area contributed by atoms with Gasteiger partial charge in [-0.2, -0.15) is 0 Å². The van der Waals surface area contributed by atoms with E-state index in [1.54, 1.807) is 38.3 Å². The van der Waals surface area contributed by atoms with Gasteiger partial charge in [-0.1, -0.05) is 42.3 Å². The molecule has 0 aliphatic rings. The molecule has 7 heteroatoms. The Bertz CT molecular complexity index is 1110. The van der Waals surface area contributed by atoms with Gasteiger partial charge in [-0.25, -0.2) is 0 Å². The highest BCUT2D eigenvalue weighted by Gasteiger charge is 2.17. The van der Waals surface area contributed by atoms with Crippen molar-refractivity contribution in [1.82, 2.24) is 0 Å². The summed E-state index contributed by atoms with van der Waals surface area (Å²) >= 11 is 12.0. The number of hydrogen-bond donors (Lipinski definition) is 1. The average Bonchev–Trinajstić information content (AvgIpc) is 2.77. The molecule has 3 rings (SSSR count). The number of ketones is 1. The first-order valence-corrected chi connectivity index (χ1v) is 10.4. The fourth-order valence-corrected chi connectivity index (χ4v) is 3.43. The molecule has 3 aromatic rings. The molecule has 3 aromatic carbocycles. The van der Waals surface area contributed by atoms with E-state index in [9.17, 15) is 9.59 Å². The molecule has 0 radical (unpaired) electrons. The van der Waals surface area contributed by atoms with Crippen LogP contribution in [0, 0.1) is 0 Å². The van der Waals surface area contributed by atoms with Crippen LogP contribution in [0.2, 0.25) is 10.0 Å². The van der Waals surface area contributed by atoms with Crippen molar-refractivity contribution in [3.8, 4) is 11.5 Å². The first-order valence-electron chi connectivity index (χ1n) is 9.60. The summed E-state index contributed by atoms with van der Waals surface area (Å²) in [5.74, 6) is 0.699. The zero-order valence-corrected chi connectivity index (χ0v) is 18.6. The Morgan fingerprint density at radius 3 is 2.45 bits per heavy atom. The molecule has 160 valence electrons. The van der Waals surface area contributed by atoms with Gasteiger partial charge >= 0.3 is 0 Å². The van der Waals surface area contributed by atoms with Crippen molar-refractivity contribution < 1.29 is 19.1 Å². The molecule has 0 spiro atoms. The Kier molecular flexibility index (Phi) is 7.55. The molecule has 0 aliphatic heterocycles. The van der Waals surface area contributed by atoms with E-state index in [0.717, 1.165) is 11.3 Å². The smallest absolute Gasteiger partial charge is 0.257 e. The number of halogens is 2. The van der Waals surface area contributed by atoms with Gasteiger partial charge in [-0.15, -0.1) is 0 Å². The van der Waals surface area contributed by atoms with E-state index in [1.807, 2.05) is 24.3 Å². The lowest BCUT2D eigenvalue weighted by Gasteiger charge is -2.14. The van der Waals surface area contributed by atoms with Gasteiger partial charge in [-0.3, -0.25) is 9.59 Å². The van der Waals surface area contributed by atoms with Gasteiger partial charge in [0.25, 0.3) is 5.91 Å². The molecule has 0 unspecified atom stereocenters. The molecule has 1 amide bonds. The third kappa shape index (κ3) is 5.78. The Morgan fingerprint density at radius 2 is 1.74 bits per heavy atom. The molecule has 5 nitrogen and oxygen atoms in total. The molecule has 0 fully saturated rings. The van der Waals surface area contributed by atoms with Gasteiger partial charge in [0.1, 0.15) is 18.1 Å². The van der Waals surface area contributed by atoms with Crippen molar-refractivity contribution in [2.45, 2.75) is 20.0 Å². The fraction of sp³-hybridized carbons (Fsp3) is 0.167. The molecule has 1 N–H and O–H groups in total. The Labute approximate surface area is 190 Å². The Morgan fingerprint density at radius 1 is 0.935 bits per heavy atom. The molecule has 0 atom stereocenters. The molecule has 0 aromatic heterocycles. The largest absolute Gasteiger partial charge is 0.497 e.